The Morgan fingerprint density at radius 3 is 1.14 bits per heavy atom. The predicted octanol–water partition coefficient (Wildman–Crippen LogP) is -6.16. The normalized spacial score (nSPS) is 20.1. The minimum atomic E-state index is -1.26. The molecule has 1 atom stereocenters. The number of carbonyl (C=O) groups excluding carboxylic acids is 3. The summed E-state index contributed by atoms with van der Waals surface area (Å²) in [5, 5.41) is 42.7. The molecule has 1 N–H and O–H groups in total. The number of carbonyl (C=O) groups is 3. The van der Waals surface area contributed by atoms with E-state index in [0.29, 0.717) is 45.8 Å². The number of rotatable bonds is 8. The standard InChI is InChI=1S/C17H32N4O7.Dy/c1-14(22)10-18-2-4-19(11-15(23)24)6-8-21(13-17(27)28)9-7-20(5-3-18)12-16(25)26;/h14,22H,2-13H2,1H3,(H,23,24)(H,25,26)(H,27,28);/q;+3/p-3. The molecule has 1 unspecified atom stereocenters. The Bertz CT molecular complexity index is 492. The number of carboxylic acid groups (broad SMARTS) is 3. The van der Waals surface area contributed by atoms with Gasteiger partial charge in [0.2, 0.25) is 0 Å². The van der Waals surface area contributed by atoms with E-state index in [4.69, 9.17) is 0 Å². The Labute approximate surface area is 201 Å². The van der Waals surface area contributed by atoms with Crippen LogP contribution >= 0.6 is 0 Å². The van der Waals surface area contributed by atoms with Gasteiger partial charge in [0, 0.05) is 78.5 Å². The molecule has 0 aromatic carbocycles. The Kier molecular flexibility index (Phi) is 15.0. The molecule has 1 fully saturated rings. The number of hydrogen-bond donors (Lipinski definition) is 1. The molecule has 0 aromatic heterocycles. The van der Waals surface area contributed by atoms with Gasteiger partial charge in [-0.15, -0.1) is 0 Å². The summed E-state index contributed by atoms with van der Waals surface area (Å²) >= 11 is 0. The Morgan fingerprint density at radius 2 is 0.931 bits per heavy atom. The zero-order valence-electron chi connectivity index (χ0n) is 16.6. The van der Waals surface area contributed by atoms with Crippen molar-refractivity contribution in [2.24, 2.45) is 0 Å². The van der Waals surface area contributed by atoms with Crippen molar-refractivity contribution in [2.75, 3.05) is 78.5 Å². The van der Waals surface area contributed by atoms with Gasteiger partial charge in [0.1, 0.15) is 0 Å². The van der Waals surface area contributed by atoms with E-state index in [1.165, 1.54) is 0 Å². The summed E-state index contributed by atoms with van der Waals surface area (Å²) in [6.45, 7) is 4.04. The SMILES string of the molecule is CC(O)CN1CCN(CC(=O)[O-])CCN(CC(=O)[O-])CCN(CC(=O)[O-])CC1.[Dy+3]. The van der Waals surface area contributed by atoms with Gasteiger partial charge in [-0.25, -0.2) is 0 Å². The van der Waals surface area contributed by atoms with E-state index >= 15 is 0 Å². The van der Waals surface area contributed by atoms with Crippen molar-refractivity contribution >= 4 is 17.9 Å². The van der Waals surface area contributed by atoms with Gasteiger partial charge in [-0.2, -0.15) is 0 Å². The molecule has 169 valence electrons. The maximum absolute atomic E-state index is 11.0. The van der Waals surface area contributed by atoms with Gasteiger partial charge in [-0.05, 0) is 6.92 Å². The first-order valence-electron chi connectivity index (χ1n) is 9.32. The fraction of sp³-hybridized carbons (Fsp3) is 0.824. The zero-order chi connectivity index (χ0) is 21.1. The van der Waals surface area contributed by atoms with Gasteiger partial charge >= 0.3 is 38.2 Å². The van der Waals surface area contributed by atoms with Gasteiger partial charge in [-0.1, -0.05) is 0 Å². The van der Waals surface area contributed by atoms with Crippen molar-refractivity contribution in [1.82, 2.24) is 19.6 Å². The zero-order valence-corrected chi connectivity index (χ0v) is 18.6. The molecule has 1 radical (unpaired) electrons. The van der Waals surface area contributed by atoms with Crippen molar-refractivity contribution in [3.63, 3.8) is 0 Å². The second-order valence-electron chi connectivity index (χ2n) is 7.09. The molecule has 1 saturated heterocycles. The monoisotopic (exact) mass is 565 g/mol. The first-order valence-corrected chi connectivity index (χ1v) is 9.32. The van der Waals surface area contributed by atoms with E-state index in [9.17, 15) is 34.8 Å². The molecule has 0 amide bonds. The minimum absolute atomic E-state index is 0. The maximum Gasteiger partial charge on any atom is 3.00 e. The number of hydrogen-bond acceptors (Lipinski definition) is 11. The van der Waals surface area contributed by atoms with Crippen LogP contribution in [0.15, 0.2) is 0 Å². The number of aliphatic hydroxyl groups excluding tert-OH is 1. The molecule has 12 heteroatoms. The van der Waals surface area contributed by atoms with Gasteiger partial charge < -0.3 is 34.8 Å². The van der Waals surface area contributed by atoms with Crippen molar-refractivity contribution in [3.05, 3.63) is 0 Å². The van der Waals surface area contributed by atoms with Gasteiger partial charge in [0.25, 0.3) is 0 Å². The summed E-state index contributed by atoms with van der Waals surface area (Å²) in [4.78, 5) is 39.9. The largest absolute Gasteiger partial charge is 3.00 e. The van der Waals surface area contributed by atoms with E-state index < -0.39 is 24.0 Å². The quantitative estimate of drug-likeness (QED) is 0.300. The Balaban J connectivity index is 0.00000784. The second kappa shape index (κ2) is 15.3. The van der Waals surface area contributed by atoms with Crippen LogP contribution in [0.1, 0.15) is 6.92 Å². The maximum atomic E-state index is 11.0. The van der Waals surface area contributed by atoms with E-state index in [0.717, 1.165) is 0 Å². The van der Waals surface area contributed by atoms with Gasteiger partial charge in [0.15, 0.2) is 0 Å². The molecule has 0 spiro atoms. The van der Waals surface area contributed by atoms with Crippen LogP contribution in [0, 0.1) is 38.2 Å². The van der Waals surface area contributed by atoms with Crippen molar-refractivity contribution in [3.8, 4) is 0 Å². The first kappa shape index (κ1) is 28.5. The van der Waals surface area contributed by atoms with Crippen molar-refractivity contribution in [2.45, 2.75) is 13.0 Å². The second-order valence-corrected chi connectivity index (χ2v) is 7.09. The van der Waals surface area contributed by atoms with Crippen LogP contribution in [0.4, 0.5) is 0 Å². The number of β-amino-alcohol motifs (C(OH)–C–C–N with tert-alkyl or cyclic N) is 1. The molecule has 1 aliphatic heterocycles. The fourth-order valence-electron chi connectivity index (χ4n) is 3.16. The third-order valence-electron chi connectivity index (χ3n) is 4.51. The number of nitrogens with zero attached hydrogens (tertiary/aromatic N) is 4. The average molecular weight is 564 g/mol. The fourth-order valence-corrected chi connectivity index (χ4v) is 3.16. The molecular weight excluding hydrogens is 535 g/mol. The molecule has 1 heterocycles. The topological polar surface area (TPSA) is 154 Å². The summed E-state index contributed by atoms with van der Waals surface area (Å²) < 4.78 is 0. The van der Waals surface area contributed by atoms with Gasteiger partial charge in [-0.3, -0.25) is 19.6 Å². The van der Waals surface area contributed by atoms with E-state index in [-0.39, 0.29) is 70.9 Å². The smallest absolute Gasteiger partial charge is 0.549 e. The first-order chi connectivity index (χ1) is 13.2. The third kappa shape index (κ3) is 14.2. The predicted molar refractivity (Wildman–Crippen MR) is 92.5 cm³/mol. The summed E-state index contributed by atoms with van der Waals surface area (Å²) in [6, 6.07) is 0. The molecule has 0 aliphatic carbocycles. The summed E-state index contributed by atoms with van der Waals surface area (Å²) in [5.41, 5.74) is 0. The molecular formula is C17H29DyN4O7. The Morgan fingerprint density at radius 1 is 0.690 bits per heavy atom. The third-order valence-corrected chi connectivity index (χ3v) is 4.51. The molecule has 1 rings (SSSR count). The van der Waals surface area contributed by atoms with Crippen LogP contribution in [0.5, 0.6) is 0 Å². The molecule has 11 nitrogen and oxygen atoms in total. The van der Waals surface area contributed by atoms with Crippen LogP contribution < -0.4 is 15.3 Å². The van der Waals surface area contributed by atoms with Gasteiger partial charge in [0.05, 0.1) is 24.0 Å². The Hall–Kier alpha value is -0.517. The minimum Gasteiger partial charge on any atom is -0.549 e. The van der Waals surface area contributed by atoms with Crippen LogP contribution in [0.2, 0.25) is 0 Å². The van der Waals surface area contributed by atoms with Crippen LogP contribution in [-0.2, 0) is 14.4 Å². The summed E-state index contributed by atoms with van der Waals surface area (Å²) in [7, 11) is 0. The average Bonchev–Trinajstić information content (AvgIpc) is 2.55. The van der Waals surface area contributed by atoms with E-state index in [2.05, 4.69) is 0 Å². The molecule has 0 saturated carbocycles. The number of carboxylic acids is 3. The van der Waals surface area contributed by atoms with E-state index in [1.54, 1.807) is 21.6 Å². The van der Waals surface area contributed by atoms with E-state index in [1.807, 2.05) is 4.90 Å². The van der Waals surface area contributed by atoms with Crippen molar-refractivity contribution in [1.29, 1.82) is 0 Å². The molecule has 0 bridgehead atoms. The number of aliphatic hydroxyl groups is 1. The molecule has 29 heavy (non-hydrogen) atoms. The van der Waals surface area contributed by atoms with Crippen LogP contribution in [0.3, 0.4) is 0 Å². The molecule has 0 aromatic rings. The van der Waals surface area contributed by atoms with Crippen LogP contribution in [-0.4, -0.2) is 127 Å². The molecule has 1 aliphatic rings. The summed E-state index contributed by atoms with van der Waals surface area (Å²) in [6.07, 6.45) is -0.587. The summed E-state index contributed by atoms with van der Waals surface area (Å²) in [5.74, 6) is -3.70. The number of aliphatic carboxylic acids is 3. The van der Waals surface area contributed by atoms with Crippen LogP contribution in [0.25, 0.3) is 0 Å². The van der Waals surface area contributed by atoms with Crippen molar-refractivity contribution < 1.29 is 73.0 Å².